The fourth-order valence-corrected chi connectivity index (χ4v) is 2.92. The molecule has 0 saturated carbocycles. The van der Waals surface area contributed by atoms with Gasteiger partial charge in [-0.15, -0.1) is 0 Å². The summed E-state index contributed by atoms with van der Waals surface area (Å²) in [4.78, 5) is 21.2. The summed E-state index contributed by atoms with van der Waals surface area (Å²) in [5.41, 5.74) is 3.92. The molecular formula is C22H18N4O4. The van der Waals surface area contributed by atoms with E-state index in [1.54, 1.807) is 18.2 Å². The molecule has 0 atom stereocenters. The van der Waals surface area contributed by atoms with Crippen LogP contribution in [-0.2, 0) is 0 Å². The van der Waals surface area contributed by atoms with Gasteiger partial charge in [-0.2, -0.15) is 0 Å². The third-order valence-corrected chi connectivity index (χ3v) is 4.58. The molecule has 1 N–H and O–H groups in total. The number of rotatable bonds is 5. The normalized spacial score (nSPS) is 11.3. The smallest absolute Gasteiger partial charge is 0.270 e. The first kappa shape index (κ1) is 19.1. The molecule has 8 nitrogen and oxygen atoms in total. The van der Waals surface area contributed by atoms with Gasteiger partial charge in [-0.05, 0) is 48.5 Å². The van der Waals surface area contributed by atoms with Crippen LogP contribution in [-0.4, -0.2) is 35.3 Å². The van der Waals surface area contributed by atoms with Gasteiger partial charge in [0.05, 0.1) is 10.6 Å². The van der Waals surface area contributed by atoms with Crippen LogP contribution >= 0.6 is 0 Å². The molecule has 4 aromatic rings. The molecule has 0 amide bonds. The van der Waals surface area contributed by atoms with E-state index in [1.165, 1.54) is 24.4 Å². The Kier molecular flexibility index (Phi) is 4.89. The quantitative estimate of drug-likeness (QED) is 0.288. The van der Waals surface area contributed by atoms with Gasteiger partial charge in [-0.3, -0.25) is 15.1 Å². The zero-order chi connectivity index (χ0) is 21.3. The van der Waals surface area contributed by atoms with Crippen molar-refractivity contribution in [2.24, 2.45) is 4.99 Å². The second-order valence-electron chi connectivity index (χ2n) is 6.87. The second-order valence-corrected chi connectivity index (χ2v) is 6.87. The summed E-state index contributed by atoms with van der Waals surface area (Å²) in [6.07, 6.45) is 1.38. The van der Waals surface area contributed by atoms with Crippen molar-refractivity contribution in [3.8, 4) is 17.2 Å². The van der Waals surface area contributed by atoms with Crippen molar-refractivity contribution in [2.75, 3.05) is 19.0 Å². The number of nitrogens with zero attached hydrogens (tertiary/aromatic N) is 4. The topological polar surface area (TPSA) is 105 Å². The summed E-state index contributed by atoms with van der Waals surface area (Å²) in [5, 5.41) is 20.8. The lowest BCUT2D eigenvalue weighted by Gasteiger charge is -2.11. The van der Waals surface area contributed by atoms with Crippen molar-refractivity contribution in [1.82, 2.24) is 4.98 Å². The first-order valence-electron chi connectivity index (χ1n) is 9.10. The van der Waals surface area contributed by atoms with Crippen LogP contribution in [0.3, 0.4) is 0 Å². The van der Waals surface area contributed by atoms with Gasteiger partial charge in [0.1, 0.15) is 11.3 Å². The number of nitro benzene ring substituents is 1. The Balaban J connectivity index is 1.62. The van der Waals surface area contributed by atoms with E-state index in [9.17, 15) is 15.2 Å². The van der Waals surface area contributed by atoms with E-state index in [1.807, 2.05) is 43.3 Å². The van der Waals surface area contributed by atoms with E-state index >= 15 is 0 Å². The third kappa shape index (κ3) is 3.83. The van der Waals surface area contributed by atoms with E-state index < -0.39 is 4.92 Å². The van der Waals surface area contributed by atoms with Crippen molar-refractivity contribution in [1.29, 1.82) is 0 Å². The van der Waals surface area contributed by atoms with E-state index in [0.717, 1.165) is 11.3 Å². The zero-order valence-corrected chi connectivity index (χ0v) is 16.3. The lowest BCUT2D eigenvalue weighted by molar-refractivity contribution is -0.384. The molecule has 4 rings (SSSR count). The van der Waals surface area contributed by atoms with Crippen LogP contribution in [0.25, 0.3) is 22.6 Å². The molecular weight excluding hydrogens is 384 g/mol. The number of aromatic hydroxyl groups is 1. The van der Waals surface area contributed by atoms with Crippen molar-refractivity contribution in [2.45, 2.75) is 0 Å². The average molecular weight is 402 g/mol. The van der Waals surface area contributed by atoms with Gasteiger partial charge in [0.25, 0.3) is 5.69 Å². The van der Waals surface area contributed by atoms with Gasteiger partial charge in [0.2, 0.25) is 5.89 Å². The molecule has 0 bridgehead atoms. The number of phenols is 1. The summed E-state index contributed by atoms with van der Waals surface area (Å²) in [5.74, 6) is 0.420. The number of oxazole rings is 1. The fourth-order valence-electron chi connectivity index (χ4n) is 2.92. The maximum absolute atomic E-state index is 10.9. The molecule has 0 aliphatic carbocycles. The number of nitro groups is 1. The molecule has 0 aliphatic heterocycles. The summed E-state index contributed by atoms with van der Waals surface area (Å²) in [6, 6.07) is 16.9. The van der Waals surface area contributed by atoms with Gasteiger partial charge in [-0.1, -0.05) is 0 Å². The first-order valence-corrected chi connectivity index (χ1v) is 9.10. The molecule has 0 radical (unpaired) electrons. The fraction of sp³-hybridized carbons (Fsp3) is 0.0909. The summed E-state index contributed by atoms with van der Waals surface area (Å²) < 4.78 is 5.84. The van der Waals surface area contributed by atoms with Crippen molar-refractivity contribution < 1.29 is 14.4 Å². The Labute approximate surface area is 171 Å². The highest BCUT2D eigenvalue weighted by Crippen LogP contribution is 2.29. The van der Waals surface area contributed by atoms with Gasteiger partial charge in [0, 0.05) is 49.3 Å². The van der Waals surface area contributed by atoms with Crippen molar-refractivity contribution >= 4 is 34.4 Å². The number of benzene rings is 3. The lowest BCUT2D eigenvalue weighted by atomic mass is 10.2. The Morgan fingerprint density at radius 3 is 2.57 bits per heavy atom. The van der Waals surface area contributed by atoms with Crippen LogP contribution in [0.15, 0.2) is 70.1 Å². The van der Waals surface area contributed by atoms with Crippen LogP contribution in [0, 0.1) is 10.1 Å². The predicted molar refractivity (Wildman–Crippen MR) is 116 cm³/mol. The Hall–Kier alpha value is -4.20. The molecule has 0 saturated heterocycles. The first-order chi connectivity index (χ1) is 14.4. The monoisotopic (exact) mass is 402 g/mol. The number of hydrogen-bond donors (Lipinski definition) is 1. The molecule has 0 aliphatic rings. The zero-order valence-electron chi connectivity index (χ0n) is 16.3. The maximum Gasteiger partial charge on any atom is 0.270 e. The highest BCUT2D eigenvalue weighted by molar-refractivity contribution is 5.87. The molecule has 3 aromatic carbocycles. The Bertz CT molecular complexity index is 1260. The van der Waals surface area contributed by atoms with Crippen LogP contribution in [0.2, 0.25) is 0 Å². The third-order valence-electron chi connectivity index (χ3n) is 4.58. The van der Waals surface area contributed by atoms with Gasteiger partial charge < -0.3 is 14.4 Å². The number of anilines is 1. The van der Waals surface area contributed by atoms with Crippen LogP contribution in [0.4, 0.5) is 17.1 Å². The number of aliphatic imine (C=N–C) groups is 1. The number of non-ortho nitro benzene ring substituents is 1. The lowest BCUT2D eigenvalue weighted by Crippen LogP contribution is -2.07. The Morgan fingerprint density at radius 2 is 1.87 bits per heavy atom. The highest BCUT2D eigenvalue weighted by Gasteiger charge is 2.11. The molecule has 0 unspecified atom stereocenters. The number of aromatic nitrogens is 1. The van der Waals surface area contributed by atoms with E-state index in [-0.39, 0.29) is 17.0 Å². The molecule has 30 heavy (non-hydrogen) atoms. The van der Waals surface area contributed by atoms with Gasteiger partial charge >= 0.3 is 0 Å². The minimum Gasteiger partial charge on any atom is -0.507 e. The second kappa shape index (κ2) is 7.67. The molecule has 150 valence electrons. The van der Waals surface area contributed by atoms with Crippen molar-refractivity contribution in [3.63, 3.8) is 0 Å². The number of phenolic OH excluding ortho intramolecular Hbond substituents is 1. The molecule has 0 spiro atoms. The largest absolute Gasteiger partial charge is 0.507 e. The molecule has 1 heterocycles. The minimum absolute atomic E-state index is 0.0877. The van der Waals surface area contributed by atoms with Crippen LogP contribution in [0.5, 0.6) is 5.75 Å². The highest BCUT2D eigenvalue weighted by atomic mass is 16.6. The summed E-state index contributed by atoms with van der Waals surface area (Å²) >= 11 is 0. The Morgan fingerprint density at radius 1 is 1.10 bits per heavy atom. The van der Waals surface area contributed by atoms with E-state index in [2.05, 4.69) is 9.98 Å². The number of fused-ring (bicyclic) bond motifs is 1. The van der Waals surface area contributed by atoms with Crippen LogP contribution in [0.1, 0.15) is 5.56 Å². The minimum atomic E-state index is -0.523. The standard InChI is InChI=1S/C22H18N4O4/c1-25(2)17-6-3-14(4-7-17)22-24-19-12-16(5-10-21(19)30-22)23-13-15-11-18(26(28)29)8-9-20(15)27/h3-13,27H,1-2H3. The molecule has 1 aromatic heterocycles. The van der Waals surface area contributed by atoms with Crippen LogP contribution < -0.4 is 4.90 Å². The molecule has 8 heteroatoms. The summed E-state index contributed by atoms with van der Waals surface area (Å²) in [6.45, 7) is 0. The van der Waals surface area contributed by atoms with Crippen molar-refractivity contribution in [3.05, 3.63) is 76.3 Å². The average Bonchev–Trinajstić information content (AvgIpc) is 3.16. The van der Waals surface area contributed by atoms with E-state index in [4.69, 9.17) is 4.42 Å². The predicted octanol–water partition coefficient (Wildman–Crippen LogP) is 4.93. The van der Waals surface area contributed by atoms with Gasteiger partial charge in [-0.25, -0.2) is 4.98 Å². The molecule has 0 fully saturated rings. The maximum atomic E-state index is 10.9. The van der Waals surface area contributed by atoms with E-state index in [0.29, 0.717) is 22.7 Å². The SMILES string of the molecule is CN(C)c1ccc(-c2nc3cc(N=Cc4cc([N+](=O)[O-])ccc4O)ccc3o2)cc1. The summed E-state index contributed by atoms with van der Waals surface area (Å²) in [7, 11) is 3.95. The van der Waals surface area contributed by atoms with Gasteiger partial charge in [0.15, 0.2) is 5.58 Å². The number of hydrogen-bond acceptors (Lipinski definition) is 7.